The lowest BCUT2D eigenvalue weighted by molar-refractivity contribution is 0.701. The summed E-state index contributed by atoms with van der Waals surface area (Å²) < 4.78 is 1.95. The van der Waals surface area contributed by atoms with Gasteiger partial charge in [0.15, 0.2) is 0 Å². The molecule has 3 nitrogen and oxygen atoms in total. The summed E-state index contributed by atoms with van der Waals surface area (Å²) in [5.41, 5.74) is 13.1. The molecule has 0 spiro atoms. The molecule has 18 heavy (non-hydrogen) atoms. The Morgan fingerprint density at radius 2 is 1.89 bits per heavy atom. The summed E-state index contributed by atoms with van der Waals surface area (Å²) in [5, 5.41) is 4.52. The molecule has 0 aliphatic rings. The number of rotatable bonds is 3. The average molecular weight is 243 g/mol. The number of hydrogen-bond donors (Lipinski definition) is 1. The largest absolute Gasteiger partial charge is 0.330 e. The standard InChI is InChI=1S/C15H21N3/c1-10-5-6-13(9-11(10)2)15-12(3)17-18(4)14(15)7-8-16/h5-6,9H,7-8,16H2,1-4H3. The molecule has 96 valence electrons. The highest BCUT2D eigenvalue weighted by Crippen LogP contribution is 2.28. The monoisotopic (exact) mass is 243 g/mol. The fourth-order valence-electron chi connectivity index (χ4n) is 2.40. The van der Waals surface area contributed by atoms with Crippen LogP contribution in [0, 0.1) is 20.8 Å². The average Bonchev–Trinajstić information content (AvgIpc) is 2.59. The van der Waals surface area contributed by atoms with E-state index in [2.05, 4.69) is 44.1 Å². The van der Waals surface area contributed by atoms with E-state index in [0.29, 0.717) is 6.54 Å². The number of nitrogens with two attached hydrogens (primary N) is 1. The van der Waals surface area contributed by atoms with Gasteiger partial charge in [-0.25, -0.2) is 0 Å². The van der Waals surface area contributed by atoms with Crippen molar-refractivity contribution in [3.63, 3.8) is 0 Å². The highest BCUT2D eigenvalue weighted by atomic mass is 15.3. The second-order valence-electron chi connectivity index (χ2n) is 4.87. The van der Waals surface area contributed by atoms with Crippen LogP contribution in [-0.4, -0.2) is 16.3 Å². The van der Waals surface area contributed by atoms with E-state index in [1.807, 2.05) is 11.7 Å². The Bertz CT molecular complexity index is 567. The second-order valence-corrected chi connectivity index (χ2v) is 4.87. The molecule has 0 bridgehead atoms. The summed E-state index contributed by atoms with van der Waals surface area (Å²) in [6, 6.07) is 6.58. The van der Waals surface area contributed by atoms with Crippen molar-refractivity contribution in [1.82, 2.24) is 9.78 Å². The number of aromatic nitrogens is 2. The molecule has 2 aromatic rings. The van der Waals surface area contributed by atoms with Gasteiger partial charge in [0.1, 0.15) is 0 Å². The van der Waals surface area contributed by atoms with Crippen molar-refractivity contribution in [3.8, 4) is 11.1 Å². The first-order chi connectivity index (χ1) is 8.54. The van der Waals surface area contributed by atoms with E-state index in [1.165, 1.54) is 27.9 Å². The lowest BCUT2D eigenvalue weighted by atomic mass is 9.98. The van der Waals surface area contributed by atoms with E-state index in [4.69, 9.17) is 5.73 Å². The molecule has 0 radical (unpaired) electrons. The van der Waals surface area contributed by atoms with Gasteiger partial charge in [0.2, 0.25) is 0 Å². The summed E-state index contributed by atoms with van der Waals surface area (Å²) in [6.07, 6.45) is 0.861. The Kier molecular flexibility index (Phi) is 3.53. The fourth-order valence-corrected chi connectivity index (χ4v) is 2.40. The normalized spacial score (nSPS) is 10.9. The highest BCUT2D eigenvalue weighted by Gasteiger charge is 2.14. The van der Waals surface area contributed by atoms with Crippen LogP contribution in [-0.2, 0) is 13.5 Å². The van der Waals surface area contributed by atoms with Crippen LogP contribution >= 0.6 is 0 Å². The van der Waals surface area contributed by atoms with Crippen LogP contribution in [0.2, 0.25) is 0 Å². The molecule has 0 atom stereocenters. The number of benzene rings is 1. The van der Waals surface area contributed by atoms with Gasteiger partial charge < -0.3 is 5.73 Å². The van der Waals surface area contributed by atoms with Gasteiger partial charge in [0.05, 0.1) is 5.69 Å². The molecular formula is C15H21N3. The molecule has 0 aliphatic carbocycles. The van der Waals surface area contributed by atoms with Gasteiger partial charge in [-0.1, -0.05) is 18.2 Å². The predicted octanol–water partition coefficient (Wildman–Crippen LogP) is 2.51. The maximum Gasteiger partial charge on any atom is 0.0674 e. The molecule has 0 aliphatic heterocycles. The SMILES string of the molecule is Cc1ccc(-c2c(C)nn(C)c2CCN)cc1C. The zero-order valence-electron chi connectivity index (χ0n) is 11.6. The maximum atomic E-state index is 5.70. The Balaban J connectivity index is 2.58. The molecule has 3 heteroatoms. The minimum absolute atomic E-state index is 0.650. The summed E-state index contributed by atoms with van der Waals surface area (Å²) >= 11 is 0. The molecule has 1 heterocycles. The Hall–Kier alpha value is -1.61. The number of nitrogens with zero attached hydrogens (tertiary/aromatic N) is 2. The molecule has 0 amide bonds. The van der Waals surface area contributed by atoms with E-state index in [0.717, 1.165) is 12.1 Å². The van der Waals surface area contributed by atoms with Crippen molar-refractivity contribution >= 4 is 0 Å². The van der Waals surface area contributed by atoms with E-state index < -0.39 is 0 Å². The molecule has 1 aromatic heterocycles. The topological polar surface area (TPSA) is 43.8 Å². The smallest absolute Gasteiger partial charge is 0.0674 e. The van der Waals surface area contributed by atoms with Gasteiger partial charge in [-0.05, 0) is 44.0 Å². The molecule has 2 N–H and O–H groups in total. The van der Waals surface area contributed by atoms with Gasteiger partial charge in [0, 0.05) is 24.7 Å². The summed E-state index contributed by atoms with van der Waals surface area (Å²) in [7, 11) is 1.99. The summed E-state index contributed by atoms with van der Waals surface area (Å²) in [5.74, 6) is 0. The van der Waals surface area contributed by atoms with E-state index in [9.17, 15) is 0 Å². The lowest BCUT2D eigenvalue weighted by Gasteiger charge is -2.08. The molecule has 0 saturated carbocycles. The molecule has 2 rings (SSSR count). The first-order valence-corrected chi connectivity index (χ1v) is 6.34. The van der Waals surface area contributed by atoms with Gasteiger partial charge in [-0.3, -0.25) is 4.68 Å². The molecular weight excluding hydrogens is 222 g/mol. The second kappa shape index (κ2) is 4.94. The maximum absolute atomic E-state index is 5.70. The van der Waals surface area contributed by atoms with E-state index in [-0.39, 0.29) is 0 Å². The minimum Gasteiger partial charge on any atom is -0.330 e. The molecule has 0 saturated heterocycles. The van der Waals surface area contributed by atoms with Crippen molar-refractivity contribution in [2.24, 2.45) is 12.8 Å². The Morgan fingerprint density at radius 3 is 2.50 bits per heavy atom. The molecule has 0 unspecified atom stereocenters. The quantitative estimate of drug-likeness (QED) is 0.900. The van der Waals surface area contributed by atoms with E-state index >= 15 is 0 Å². The number of aryl methyl sites for hydroxylation is 4. The predicted molar refractivity (Wildman–Crippen MR) is 75.6 cm³/mol. The van der Waals surface area contributed by atoms with Crippen molar-refractivity contribution in [1.29, 1.82) is 0 Å². The molecule has 1 aromatic carbocycles. The Labute approximate surface area is 109 Å². The van der Waals surface area contributed by atoms with Crippen LogP contribution in [0.25, 0.3) is 11.1 Å². The lowest BCUT2D eigenvalue weighted by Crippen LogP contribution is -2.08. The summed E-state index contributed by atoms with van der Waals surface area (Å²) in [4.78, 5) is 0. The van der Waals surface area contributed by atoms with Crippen LogP contribution in [0.5, 0.6) is 0 Å². The van der Waals surface area contributed by atoms with Crippen molar-refractivity contribution in [2.45, 2.75) is 27.2 Å². The number of hydrogen-bond acceptors (Lipinski definition) is 2. The Morgan fingerprint density at radius 1 is 1.17 bits per heavy atom. The van der Waals surface area contributed by atoms with Gasteiger partial charge in [0.25, 0.3) is 0 Å². The first kappa shape index (κ1) is 12.8. The third kappa shape index (κ3) is 2.18. The van der Waals surface area contributed by atoms with Gasteiger partial charge in [-0.2, -0.15) is 5.10 Å². The minimum atomic E-state index is 0.650. The van der Waals surface area contributed by atoms with Gasteiger partial charge in [-0.15, -0.1) is 0 Å². The summed E-state index contributed by atoms with van der Waals surface area (Å²) in [6.45, 7) is 6.99. The third-order valence-corrected chi connectivity index (χ3v) is 3.52. The highest BCUT2D eigenvalue weighted by molar-refractivity contribution is 5.69. The van der Waals surface area contributed by atoms with Crippen molar-refractivity contribution < 1.29 is 0 Å². The van der Waals surface area contributed by atoms with Crippen LogP contribution in [0.15, 0.2) is 18.2 Å². The van der Waals surface area contributed by atoms with E-state index in [1.54, 1.807) is 0 Å². The van der Waals surface area contributed by atoms with Crippen LogP contribution in [0.1, 0.15) is 22.5 Å². The molecule has 0 fully saturated rings. The van der Waals surface area contributed by atoms with Crippen LogP contribution < -0.4 is 5.73 Å². The van der Waals surface area contributed by atoms with Gasteiger partial charge >= 0.3 is 0 Å². The third-order valence-electron chi connectivity index (χ3n) is 3.52. The first-order valence-electron chi connectivity index (χ1n) is 6.34. The van der Waals surface area contributed by atoms with Crippen LogP contribution in [0.4, 0.5) is 0 Å². The van der Waals surface area contributed by atoms with Crippen molar-refractivity contribution in [2.75, 3.05) is 6.54 Å². The zero-order chi connectivity index (χ0) is 13.3. The zero-order valence-corrected chi connectivity index (χ0v) is 11.6. The van der Waals surface area contributed by atoms with Crippen LogP contribution in [0.3, 0.4) is 0 Å². The fraction of sp³-hybridized carbons (Fsp3) is 0.400. The van der Waals surface area contributed by atoms with Crippen molar-refractivity contribution in [3.05, 3.63) is 40.7 Å².